The van der Waals surface area contributed by atoms with Crippen LogP contribution in [-0.4, -0.2) is 36.3 Å². The first-order valence-electron chi connectivity index (χ1n) is 10.6. The second kappa shape index (κ2) is 11.6. The molecule has 0 bridgehead atoms. The van der Waals surface area contributed by atoms with Crippen LogP contribution in [0, 0.1) is 12.8 Å². The van der Waals surface area contributed by atoms with Crippen molar-refractivity contribution in [2.24, 2.45) is 5.92 Å². The Hall–Kier alpha value is -1.14. The van der Waals surface area contributed by atoms with Gasteiger partial charge in [0.15, 0.2) is 4.88 Å². The van der Waals surface area contributed by atoms with Crippen molar-refractivity contribution in [3.63, 3.8) is 0 Å². The number of aryl methyl sites for hydroxylation is 1. The number of rotatable bonds is 11. The lowest BCUT2D eigenvalue weighted by molar-refractivity contribution is 0.0520. The van der Waals surface area contributed by atoms with Crippen molar-refractivity contribution in [1.82, 2.24) is 10.3 Å². The van der Waals surface area contributed by atoms with E-state index in [0.717, 1.165) is 30.3 Å². The van der Waals surface area contributed by atoms with Crippen LogP contribution in [0.3, 0.4) is 0 Å². The van der Waals surface area contributed by atoms with E-state index in [1.54, 1.807) is 0 Å². The van der Waals surface area contributed by atoms with Crippen molar-refractivity contribution in [2.45, 2.75) is 91.2 Å². The fourth-order valence-electron chi connectivity index (χ4n) is 3.78. The minimum absolute atomic E-state index is 0.165. The summed E-state index contributed by atoms with van der Waals surface area (Å²) >= 11 is 1.35. The van der Waals surface area contributed by atoms with Gasteiger partial charge in [-0.2, -0.15) is 0 Å². The zero-order valence-electron chi connectivity index (χ0n) is 17.4. The fraction of sp³-hybridized carbons (Fsp3) is 0.810. The number of hydrogen-bond donors (Lipinski definition) is 1. The van der Waals surface area contributed by atoms with Gasteiger partial charge in [0, 0.05) is 6.04 Å². The van der Waals surface area contributed by atoms with E-state index in [1.165, 1.54) is 49.9 Å². The van der Waals surface area contributed by atoms with E-state index in [-0.39, 0.29) is 12.1 Å². The smallest absolute Gasteiger partial charge is 0.353 e. The first kappa shape index (κ1) is 22.2. The largest absolute Gasteiger partial charge is 0.473 e. The Morgan fingerprint density at radius 1 is 1.22 bits per heavy atom. The predicted molar refractivity (Wildman–Crippen MR) is 111 cm³/mol. The molecule has 27 heavy (non-hydrogen) atoms. The molecule has 0 radical (unpaired) electrons. The van der Waals surface area contributed by atoms with Crippen LogP contribution in [0.1, 0.15) is 86.8 Å². The number of thiazole rings is 1. The fourth-order valence-corrected chi connectivity index (χ4v) is 4.53. The van der Waals surface area contributed by atoms with Gasteiger partial charge in [0.1, 0.15) is 6.10 Å². The molecule has 6 heteroatoms. The van der Waals surface area contributed by atoms with Crippen LogP contribution in [0.4, 0.5) is 0 Å². The van der Waals surface area contributed by atoms with Gasteiger partial charge in [0.25, 0.3) is 0 Å². The topological polar surface area (TPSA) is 60.5 Å². The Kier molecular flexibility index (Phi) is 9.56. The summed E-state index contributed by atoms with van der Waals surface area (Å²) in [5.74, 6) is 0.945. The third-order valence-electron chi connectivity index (χ3n) is 5.44. The Bertz CT molecular complexity index is 564. The van der Waals surface area contributed by atoms with Crippen LogP contribution >= 0.6 is 11.3 Å². The zero-order valence-corrected chi connectivity index (χ0v) is 18.2. The predicted octanol–water partition coefficient (Wildman–Crippen LogP) is 5.12. The van der Waals surface area contributed by atoms with Gasteiger partial charge in [0.2, 0.25) is 5.88 Å². The molecule has 0 amide bonds. The normalized spacial score (nSPS) is 20.0. The molecule has 1 aliphatic carbocycles. The summed E-state index contributed by atoms with van der Waals surface area (Å²) in [5.41, 5.74) is 0. The lowest BCUT2D eigenvalue weighted by Crippen LogP contribution is -2.29. The van der Waals surface area contributed by atoms with E-state index in [1.807, 2.05) is 13.8 Å². The standard InChI is InChI=1S/C21H36N2O3S/c1-5-17(6-2)22-14-8-9-16-10-12-18(13-11-16)26-20-19(21(24)25-7-3)27-15(4)23-20/h16-18,22H,5-14H2,1-4H3. The minimum Gasteiger partial charge on any atom is -0.473 e. The highest BCUT2D eigenvalue weighted by Crippen LogP contribution is 2.33. The molecular weight excluding hydrogens is 360 g/mol. The van der Waals surface area contributed by atoms with Gasteiger partial charge in [0.05, 0.1) is 11.6 Å². The summed E-state index contributed by atoms with van der Waals surface area (Å²) in [5, 5.41) is 4.49. The van der Waals surface area contributed by atoms with Gasteiger partial charge in [-0.15, -0.1) is 11.3 Å². The summed E-state index contributed by atoms with van der Waals surface area (Å²) in [6, 6.07) is 0.671. The molecule has 0 aliphatic heterocycles. The maximum absolute atomic E-state index is 12.1. The first-order valence-corrected chi connectivity index (χ1v) is 11.4. The van der Waals surface area contributed by atoms with E-state index in [4.69, 9.17) is 9.47 Å². The van der Waals surface area contributed by atoms with Crippen LogP contribution in [-0.2, 0) is 4.74 Å². The Morgan fingerprint density at radius 3 is 2.56 bits per heavy atom. The van der Waals surface area contributed by atoms with E-state index < -0.39 is 0 Å². The maximum Gasteiger partial charge on any atom is 0.353 e. The second-order valence-corrected chi connectivity index (χ2v) is 8.66. The molecule has 1 aromatic heterocycles. The summed E-state index contributed by atoms with van der Waals surface area (Å²) in [6.07, 6.45) is 9.63. The molecule has 2 rings (SSSR count). The molecule has 1 aromatic rings. The minimum atomic E-state index is -0.322. The van der Waals surface area contributed by atoms with Crippen LogP contribution in [0.5, 0.6) is 5.88 Å². The molecule has 1 N–H and O–H groups in total. The summed E-state index contributed by atoms with van der Waals surface area (Å²) in [6.45, 7) is 9.70. The molecule has 0 atom stereocenters. The molecule has 0 saturated heterocycles. The van der Waals surface area contributed by atoms with E-state index in [0.29, 0.717) is 23.4 Å². The molecule has 1 fully saturated rings. The molecule has 1 heterocycles. The lowest BCUT2D eigenvalue weighted by atomic mass is 9.84. The van der Waals surface area contributed by atoms with Crippen molar-refractivity contribution in [3.8, 4) is 5.88 Å². The lowest BCUT2D eigenvalue weighted by Gasteiger charge is -2.28. The average molecular weight is 397 g/mol. The van der Waals surface area contributed by atoms with Gasteiger partial charge >= 0.3 is 5.97 Å². The molecule has 0 spiro atoms. The number of carbonyl (C=O) groups excluding carboxylic acids is 1. The highest BCUT2D eigenvalue weighted by Gasteiger charge is 2.26. The number of nitrogens with one attached hydrogen (secondary N) is 1. The number of ether oxygens (including phenoxy) is 2. The van der Waals surface area contributed by atoms with Crippen LogP contribution in [0.25, 0.3) is 0 Å². The Morgan fingerprint density at radius 2 is 1.93 bits per heavy atom. The molecule has 154 valence electrons. The average Bonchev–Trinajstić information content (AvgIpc) is 3.04. The summed E-state index contributed by atoms with van der Waals surface area (Å²) in [7, 11) is 0. The maximum atomic E-state index is 12.1. The summed E-state index contributed by atoms with van der Waals surface area (Å²) in [4.78, 5) is 17.0. The number of nitrogens with zero attached hydrogens (tertiary/aromatic N) is 1. The second-order valence-electron chi connectivity index (χ2n) is 7.46. The third kappa shape index (κ3) is 7.07. The van der Waals surface area contributed by atoms with Gasteiger partial charge < -0.3 is 14.8 Å². The van der Waals surface area contributed by atoms with Gasteiger partial charge in [-0.25, -0.2) is 9.78 Å². The highest BCUT2D eigenvalue weighted by molar-refractivity contribution is 7.13. The molecule has 1 aliphatic rings. The van der Waals surface area contributed by atoms with E-state index in [9.17, 15) is 4.79 Å². The quantitative estimate of drug-likeness (QED) is 0.415. The number of esters is 1. The summed E-state index contributed by atoms with van der Waals surface area (Å²) < 4.78 is 11.2. The number of aromatic nitrogens is 1. The monoisotopic (exact) mass is 396 g/mol. The van der Waals surface area contributed by atoms with E-state index in [2.05, 4.69) is 24.1 Å². The van der Waals surface area contributed by atoms with Gasteiger partial charge in [-0.1, -0.05) is 13.8 Å². The van der Waals surface area contributed by atoms with Gasteiger partial charge in [-0.05, 0) is 77.7 Å². The molecule has 1 saturated carbocycles. The first-order chi connectivity index (χ1) is 13.1. The van der Waals surface area contributed by atoms with Crippen molar-refractivity contribution in [2.75, 3.05) is 13.2 Å². The van der Waals surface area contributed by atoms with E-state index >= 15 is 0 Å². The SMILES string of the molecule is CCOC(=O)c1sc(C)nc1OC1CCC(CCCNC(CC)CC)CC1. The molecular formula is C21H36N2O3S. The van der Waals surface area contributed by atoms with Crippen molar-refractivity contribution >= 4 is 17.3 Å². The van der Waals surface area contributed by atoms with Crippen molar-refractivity contribution in [3.05, 3.63) is 9.88 Å². The molecule has 5 nitrogen and oxygen atoms in total. The Labute approximate surface area is 168 Å². The zero-order chi connectivity index (χ0) is 19.6. The number of carbonyl (C=O) groups is 1. The molecule has 0 aromatic carbocycles. The third-order valence-corrected chi connectivity index (χ3v) is 6.38. The van der Waals surface area contributed by atoms with Crippen LogP contribution in [0.2, 0.25) is 0 Å². The Balaban J connectivity index is 1.73. The van der Waals surface area contributed by atoms with Crippen molar-refractivity contribution in [1.29, 1.82) is 0 Å². The number of hydrogen-bond acceptors (Lipinski definition) is 6. The van der Waals surface area contributed by atoms with Crippen LogP contribution < -0.4 is 10.1 Å². The molecule has 0 unspecified atom stereocenters. The highest BCUT2D eigenvalue weighted by atomic mass is 32.1. The van der Waals surface area contributed by atoms with Gasteiger partial charge in [-0.3, -0.25) is 0 Å². The van der Waals surface area contributed by atoms with Crippen LogP contribution in [0.15, 0.2) is 0 Å². The van der Waals surface area contributed by atoms with Crippen molar-refractivity contribution < 1.29 is 14.3 Å².